The fourth-order valence-corrected chi connectivity index (χ4v) is 2.59. The molecule has 0 radical (unpaired) electrons. The van der Waals surface area contributed by atoms with Crippen LogP contribution >= 0.6 is 15.9 Å². The Labute approximate surface area is 119 Å². The summed E-state index contributed by atoms with van der Waals surface area (Å²) in [6.45, 7) is 0. The van der Waals surface area contributed by atoms with Crippen molar-refractivity contribution in [2.75, 3.05) is 6.26 Å². The summed E-state index contributed by atoms with van der Waals surface area (Å²) in [5.74, 6) is 1.03. The van der Waals surface area contributed by atoms with E-state index in [2.05, 4.69) is 15.9 Å². The molecule has 4 nitrogen and oxygen atoms in total. The Morgan fingerprint density at radius 2 is 1.68 bits per heavy atom. The van der Waals surface area contributed by atoms with Gasteiger partial charge in [-0.3, -0.25) is 0 Å². The molecule has 2 aromatic carbocycles. The quantitative estimate of drug-likeness (QED) is 0.928. The van der Waals surface area contributed by atoms with Crippen LogP contribution in [0.2, 0.25) is 0 Å². The molecule has 0 atom stereocenters. The van der Waals surface area contributed by atoms with Crippen molar-refractivity contribution in [1.82, 2.24) is 0 Å². The van der Waals surface area contributed by atoms with Crippen molar-refractivity contribution in [3.63, 3.8) is 0 Å². The molecule has 0 spiro atoms. The minimum absolute atomic E-state index is 0.0807. The highest BCUT2D eigenvalue weighted by molar-refractivity contribution is 9.10. The number of phenols is 1. The van der Waals surface area contributed by atoms with Crippen LogP contribution in [0.4, 0.5) is 0 Å². The van der Waals surface area contributed by atoms with Crippen LogP contribution in [0.1, 0.15) is 0 Å². The van der Waals surface area contributed by atoms with E-state index in [1.54, 1.807) is 24.3 Å². The van der Waals surface area contributed by atoms with Gasteiger partial charge in [0.1, 0.15) is 17.2 Å². The molecule has 0 aliphatic rings. The van der Waals surface area contributed by atoms with Crippen molar-refractivity contribution in [3.8, 4) is 17.2 Å². The number of benzene rings is 2. The van der Waals surface area contributed by atoms with Crippen LogP contribution in [-0.2, 0) is 9.84 Å². The van der Waals surface area contributed by atoms with E-state index in [1.807, 2.05) is 0 Å². The molecule has 0 fully saturated rings. The molecule has 2 aromatic rings. The number of sulfone groups is 1. The minimum atomic E-state index is -3.21. The van der Waals surface area contributed by atoms with Crippen LogP contribution in [0.25, 0.3) is 0 Å². The van der Waals surface area contributed by atoms with E-state index in [9.17, 15) is 13.5 Å². The Morgan fingerprint density at radius 3 is 2.21 bits per heavy atom. The van der Waals surface area contributed by atoms with Gasteiger partial charge in [-0.25, -0.2) is 8.42 Å². The third kappa shape index (κ3) is 3.71. The van der Waals surface area contributed by atoms with Crippen LogP contribution in [0.5, 0.6) is 17.2 Å². The highest BCUT2D eigenvalue weighted by Gasteiger charge is 2.07. The molecular weight excluding hydrogens is 332 g/mol. The molecule has 0 bridgehead atoms. The first kappa shape index (κ1) is 13.9. The maximum atomic E-state index is 11.3. The summed E-state index contributed by atoms with van der Waals surface area (Å²) < 4.78 is 28.8. The van der Waals surface area contributed by atoms with Gasteiger partial charge >= 0.3 is 0 Å². The summed E-state index contributed by atoms with van der Waals surface area (Å²) in [5, 5.41) is 9.43. The molecular formula is C13H11BrO4S. The second-order valence-electron chi connectivity index (χ2n) is 3.99. The van der Waals surface area contributed by atoms with Gasteiger partial charge in [-0.2, -0.15) is 0 Å². The molecule has 0 aliphatic heterocycles. The van der Waals surface area contributed by atoms with E-state index in [0.717, 1.165) is 6.26 Å². The highest BCUT2D eigenvalue weighted by atomic mass is 79.9. The van der Waals surface area contributed by atoms with Gasteiger partial charge in [0.15, 0.2) is 9.84 Å². The minimum Gasteiger partial charge on any atom is -0.508 e. The van der Waals surface area contributed by atoms with Gasteiger partial charge in [-0.1, -0.05) is 15.9 Å². The van der Waals surface area contributed by atoms with Gasteiger partial charge in [0.05, 0.1) is 4.90 Å². The molecule has 0 aromatic heterocycles. The smallest absolute Gasteiger partial charge is 0.175 e. The monoisotopic (exact) mass is 342 g/mol. The number of hydrogen-bond acceptors (Lipinski definition) is 4. The molecule has 1 N–H and O–H groups in total. The van der Waals surface area contributed by atoms with Crippen molar-refractivity contribution in [2.45, 2.75) is 4.90 Å². The van der Waals surface area contributed by atoms with Gasteiger partial charge in [0.25, 0.3) is 0 Å². The van der Waals surface area contributed by atoms with Crippen molar-refractivity contribution in [1.29, 1.82) is 0 Å². The average molecular weight is 343 g/mol. The van der Waals surface area contributed by atoms with Crippen LogP contribution in [-0.4, -0.2) is 19.8 Å². The Balaban J connectivity index is 2.24. The molecule has 0 unspecified atom stereocenters. The maximum Gasteiger partial charge on any atom is 0.175 e. The Morgan fingerprint density at radius 1 is 1.05 bits per heavy atom. The number of ether oxygens (including phenoxy) is 1. The topological polar surface area (TPSA) is 63.6 Å². The van der Waals surface area contributed by atoms with Gasteiger partial charge in [0, 0.05) is 16.8 Å². The molecule has 2 rings (SSSR count). The second-order valence-corrected chi connectivity index (χ2v) is 6.92. The van der Waals surface area contributed by atoms with Crippen LogP contribution in [0.3, 0.4) is 0 Å². The van der Waals surface area contributed by atoms with E-state index < -0.39 is 9.84 Å². The normalized spacial score (nSPS) is 11.3. The molecule has 100 valence electrons. The lowest BCUT2D eigenvalue weighted by molar-refractivity contribution is 0.454. The third-order valence-corrected chi connectivity index (χ3v) is 3.93. The number of hydrogen-bond donors (Lipinski definition) is 1. The SMILES string of the molecule is CS(=O)(=O)c1ccc(Oc2cc(O)cc(Br)c2)cc1. The lowest BCUT2D eigenvalue weighted by atomic mass is 10.3. The Kier molecular flexibility index (Phi) is 3.82. The van der Waals surface area contributed by atoms with E-state index in [4.69, 9.17) is 4.74 Å². The second kappa shape index (κ2) is 5.22. The fourth-order valence-electron chi connectivity index (χ4n) is 1.50. The molecule has 0 saturated heterocycles. The number of halogens is 1. The first-order chi connectivity index (χ1) is 8.84. The standard InChI is InChI=1S/C13H11BrO4S/c1-19(16,17)13-4-2-11(3-5-13)18-12-7-9(14)6-10(15)8-12/h2-8,15H,1H3. The zero-order chi connectivity index (χ0) is 14.0. The highest BCUT2D eigenvalue weighted by Crippen LogP contribution is 2.29. The average Bonchev–Trinajstić information content (AvgIpc) is 2.26. The summed E-state index contributed by atoms with van der Waals surface area (Å²) in [6.07, 6.45) is 1.15. The molecule has 0 heterocycles. The van der Waals surface area contributed by atoms with Crippen molar-refractivity contribution >= 4 is 25.8 Å². The molecule has 6 heteroatoms. The predicted molar refractivity (Wildman–Crippen MR) is 75.4 cm³/mol. The zero-order valence-electron chi connectivity index (χ0n) is 10.00. The predicted octanol–water partition coefficient (Wildman–Crippen LogP) is 3.35. The fraction of sp³-hybridized carbons (Fsp3) is 0.0769. The van der Waals surface area contributed by atoms with E-state index in [0.29, 0.717) is 16.0 Å². The van der Waals surface area contributed by atoms with Crippen molar-refractivity contribution < 1.29 is 18.3 Å². The van der Waals surface area contributed by atoms with Crippen molar-refractivity contribution in [3.05, 3.63) is 46.9 Å². The summed E-state index contributed by atoms with van der Waals surface area (Å²) >= 11 is 3.24. The maximum absolute atomic E-state index is 11.3. The van der Waals surface area contributed by atoms with Crippen molar-refractivity contribution in [2.24, 2.45) is 0 Å². The van der Waals surface area contributed by atoms with Gasteiger partial charge in [0.2, 0.25) is 0 Å². The van der Waals surface area contributed by atoms with Crippen LogP contribution in [0, 0.1) is 0 Å². The Hall–Kier alpha value is -1.53. The first-order valence-electron chi connectivity index (χ1n) is 5.32. The summed E-state index contributed by atoms with van der Waals surface area (Å²) in [4.78, 5) is 0.233. The van der Waals surface area contributed by atoms with Crippen LogP contribution < -0.4 is 4.74 Å². The molecule has 0 aliphatic carbocycles. The van der Waals surface area contributed by atoms with E-state index in [-0.39, 0.29) is 10.6 Å². The third-order valence-electron chi connectivity index (χ3n) is 2.34. The van der Waals surface area contributed by atoms with Gasteiger partial charge in [-0.15, -0.1) is 0 Å². The van der Waals surface area contributed by atoms with E-state index >= 15 is 0 Å². The lowest BCUT2D eigenvalue weighted by Gasteiger charge is -2.07. The summed E-state index contributed by atoms with van der Waals surface area (Å²) in [7, 11) is -3.21. The van der Waals surface area contributed by atoms with Gasteiger partial charge in [-0.05, 0) is 36.4 Å². The number of phenolic OH excluding ortho intramolecular Hbond substituents is 1. The molecule has 19 heavy (non-hydrogen) atoms. The van der Waals surface area contributed by atoms with Gasteiger partial charge < -0.3 is 9.84 Å². The zero-order valence-corrected chi connectivity index (χ0v) is 12.4. The molecule has 0 saturated carbocycles. The van der Waals surface area contributed by atoms with Crippen LogP contribution in [0.15, 0.2) is 51.8 Å². The van der Waals surface area contributed by atoms with E-state index in [1.165, 1.54) is 18.2 Å². The number of rotatable bonds is 3. The Bertz CT molecular complexity index is 673. The molecule has 0 amide bonds. The lowest BCUT2D eigenvalue weighted by Crippen LogP contribution is -1.96. The summed E-state index contributed by atoms with van der Waals surface area (Å²) in [5.41, 5.74) is 0. The number of aromatic hydroxyl groups is 1. The largest absolute Gasteiger partial charge is 0.508 e. The first-order valence-corrected chi connectivity index (χ1v) is 8.00. The summed E-state index contributed by atoms with van der Waals surface area (Å²) in [6, 6.07) is 10.8.